The Labute approximate surface area is 206 Å². The van der Waals surface area contributed by atoms with E-state index in [-0.39, 0.29) is 6.61 Å². The molecule has 1 atom stereocenters. The number of hydrogen-bond donors (Lipinski definition) is 1. The van der Waals surface area contributed by atoms with Gasteiger partial charge in [-0.2, -0.15) is 5.10 Å². The Morgan fingerprint density at radius 3 is 2.14 bits per heavy atom. The zero-order valence-electron chi connectivity index (χ0n) is 20.0. The summed E-state index contributed by atoms with van der Waals surface area (Å²) in [4.78, 5) is 2.33. The van der Waals surface area contributed by atoms with Crippen molar-refractivity contribution < 1.29 is 14.6 Å². The average Bonchev–Trinajstić information content (AvgIpc) is 3.70. The molecular weight excluding hydrogens is 438 g/mol. The second-order valence-corrected chi connectivity index (χ2v) is 8.97. The highest BCUT2D eigenvalue weighted by molar-refractivity contribution is 5.43. The maximum atomic E-state index is 10.8. The number of hydrogen-bond acceptors (Lipinski definition) is 5. The number of aliphatic hydroxyl groups excluding tert-OH is 1. The molecule has 1 aliphatic carbocycles. The minimum Gasteiger partial charge on any atom is -0.491 e. The first kappa shape index (κ1) is 23.1. The molecule has 1 aromatic heterocycles. The summed E-state index contributed by atoms with van der Waals surface area (Å²) in [6.45, 7) is 3.45. The molecule has 0 unspecified atom stereocenters. The standard InChI is InChI=1S/C29H31N3O3/c1-22-28(20-31(23-17-18-23)19-25(33)21-34-26-13-7-3-8-14-26)29(35-27-15-9-4-10-16-27)32(30-22)24-11-5-2-6-12-24/h2-16,23,25,33H,17-21H2,1H3/t25-/m0/s1. The molecule has 0 aliphatic heterocycles. The molecule has 5 rings (SSSR count). The van der Waals surface area contributed by atoms with Crippen LogP contribution >= 0.6 is 0 Å². The van der Waals surface area contributed by atoms with Crippen LogP contribution in [0.4, 0.5) is 0 Å². The second-order valence-electron chi connectivity index (χ2n) is 8.97. The molecule has 1 fully saturated rings. The highest BCUT2D eigenvalue weighted by Crippen LogP contribution is 2.35. The lowest BCUT2D eigenvalue weighted by molar-refractivity contribution is 0.0623. The minimum absolute atomic E-state index is 0.253. The molecule has 1 saturated carbocycles. The van der Waals surface area contributed by atoms with Gasteiger partial charge in [-0.05, 0) is 56.2 Å². The van der Waals surface area contributed by atoms with Crippen molar-refractivity contribution in [3.05, 3.63) is 102 Å². The Hall–Kier alpha value is -3.61. The van der Waals surface area contributed by atoms with E-state index < -0.39 is 6.10 Å². The molecule has 1 heterocycles. The van der Waals surface area contributed by atoms with Crippen molar-refractivity contribution >= 4 is 0 Å². The molecule has 0 amide bonds. The van der Waals surface area contributed by atoms with Crippen LogP contribution in [-0.4, -0.2) is 45.1 Å². The SMILES string of the molecule is Cc1nn(-c2ccccc2)c(Oc2ccccc2)c1CN(C[C@H](O)COc1ccccc1)C1CC1. The van der Waals surface area contributed by atoms with E-state index in [1.54, 1.807) is 0 Å². The average molecular weight is 470 g/mol. The number of aliphatic hydroxyl groups is 1. The van der Waals surface area contributed by atoms with Gasteiger partial charge in [-0.3, -0.25) is 4.90 Å². The fourth-order valence-corrected chi connectivity index (χ4v) is 4.19. The topological polar surface area (TPSA) is 59.8 Å². The molecule has 180 valence electrons. The van der Waals surface area contributed by atoms with Gasteiger partial charge in [0.25, 0.3) is 0 Å². The lowest BCUT2D eigenvalue weighted by atomic mass is 10.2. The molecule has 1 aliphatic rings. The third-order valence-corrected chi connectivity index (χ3v) is 6.15. The van der Waals surface area contributed by atoms with E-state index in [1.807, 2.05) is 103 Å². The van der Waals surface area contributed by atoms with Crippen LogP contribution in [0, 0.1) is 6.92 Å². The molecule has 1 N–H and O–H groups in total. The normalized spacial score (nSPS) is 14.1. The van der Waals surface area contributed by atoms with Crippen molar-refractivity contribution in [1.82, 2.24) is 14.7 Å². The van der Waals surface area contributed by atoms with E-state index in [1.165, 1.54) is 0 Å². The summed E-state index contributed by atoms with van der Waals surface area (Å²) in [5.74, 6) is 2.24. The summed E-state index contributed by atoms with van der Waals surface area (Å²) in [5, 5.41) is 15.6. The summed E-state index contributed by atoms with van der Waals surface area (Å²) >= 11 is 0. The third kappa shape index (κ3) is 5.91. The van der Waals surface area contributed by atoms with Crippen molar-refractivity contribution in [3.63, 3.8) is 0 Å². The van der Waals surface area contributed by atoms with Gasteiger partial charge in [0.05, 0.1) is 16.9 Å². The summed E-state index contributed by atoms with van der Waals surface area (Å²) in [6, 6.07) is 29.9. The van der Waals surface area contributed by atoms with Gasteiger partial charge in [0, 0.05) is 19.1 Å². The van der Waals surface area contributed by atoms with E-state index in [0.717, 1.165) is 41.3 Å². The van der Waals surface area contributed by atoms with Gasteiger partial charge in [0.1, 0.15) is 24.2 Å². The number of nitrogens with zero attached hydrogens (tertiary/aromatic N) is 3. The van der Waals surface area contributed by atoms with Crippen LogP contribution in [0.5, 0.6) is 17.4 Å². The molecule has 0 saturated heterocycles. The Balaban J connectivity index is 1.37. The number of rotatable bonds is 11. The third-order valence-electron chi connectivity index (χ3n) is 6.15. The maximum Gasteiger partial charge on any atom is 0.227 e. The molecule has 6 nitrogen and oxygen atoms in total. The molecule has 0 radical (unpaired) electrons. The van der Waals surface area contributed by atoms with Gasteiger partial charge in [0.15, 0.2) is 0 Å². The lowest BCUT2D eigenvalue weighted by Crippen LogP contribution is -2.36. The predicted molar refractivity (Wildman–Crippen MR) is 136 cm³/mol. The Bertz CT molecular complexity index is 1210. The van der Waals surface area contributed by atoms with Crippen molar-refractivity contribution in [2.45, 2.75) is 38.5 Å². The molecule has 3 aromatic carbocycles. The van der Waals surface area contributed by atoms with E-state index in [9.17, 15) is 5.11 Å². The van der Waals surface area contributed by atoms with Crippen LogP contribution in [0.3, 0.4) is 0 Å². The minimum atomic E-state index is -0.598. The Morgan fingerprint density at radius 2 is 1.51 bits per heavy atom. The number of benzene rings is 3. The largest absolute Gasteiger partial charge is 0.491 e. The summed E-state index contributed by atoms with van der Waals surface area (Å²) < 4.78 is 14.1. The predicted octanol–water partition coefficient (Wildman–Crippen LogP) is 5.38. The summed E-state index contributed by atoms with van der Waals surface area (Å²) in [6.07, 6.45) is 1.67. The summed E-state index contributed by atoms with van der Waals surface area (Å²) in [5.41, 5.74) is 2.89. The molecule has 4 aromatic rings. The molecular formula is C29H31N3O3. The fourth-order valence-electron chi connectivity index (χ4n) is 4.19. The molecule has 6 heteroatoms. The first-order valence-corrected chi connectivity index (χ1v) is 12.1. The van der Waals surface area contributed by atoms with Crippen LogP contribution in [0.2, 0.25) is 0 Å². The van der Waals surface area contributed by atoms with E-state index in [4.69, 9.17) is 14.6 Å². The number of para-hydroxylation sites is 3. The van der Waals surface area contributed by atoms with E-state index >= 15 is 0 Å². The zero-order chi connectivity index (χ0) is 24.0. The monoisotopic (exact) mass is 469 g/mol. The molecule has 0 spiro atoms. The number of aryl methyl sites for hydroxylation is 1. The maximum absolute atomic E-state index is 10.8. The highest BCUT2D eigenvalue weighted by atomic mass is 16.5. The van der Waals surface area contributed by atoms with Crippen LogP contribution < -0.4 is 9.47 Å². The van der Waals surface area contributed by atoms with Crippen molar-refractivity contribution in [1.29, 1.82) is 0 Å². The highest BCUT2D eigenvalue weighted by Gasteiger charge is 2.32. The van der Waals surface area contributed by atoms with Crippen LogP contribution in [-0.2, 0) is 6.54 Å². The van der Waals surface area contributed by atoms with Crippen LogP contribution in [0.1, 0.15) is 24.1 Å². The van der Waals surface area contributed by atoms with Crippen molar-refractivity contribution in [2.24, 2.45) is 0 Å². The number of aromatic nitrogens is 2. The van der Waals surface area contributed by atoms with Crippen LogP contribution in [0.25, 0.3) is 5.69 Å². The first-order valence-electron chi connectivity index (χ1n) is 12.1. The van der Waals surface area contributed by atoms with Crippen molar-refractivity contribution in [2.75, 3.05) is 13.2 Å². The van der Waals surface area contributed by atoms with Gasteiger partial charge in [-0.25, -0.2) is 4.68 Å². The summed E-state index contributed by atoms with van der Waals surface area (Å²) in [7, 11) is 0. The first-order chi connectivity index (χ1) is 17.2. The fraction of sp³-hybridized carbons (Fsp3) is 0.276. The number of ether oxygens (including phenoxy) is 2. The lowest BCUT2D eigenvalue weighted by Gasteiger charge is -2.25. The van der Waals surface area contributed by atoms with Gasteiger partial charge >= 0.3 is 0 Å². The zero-order valence-corrected chi connectivity index (χ0v) is 20.0. The van der Waals surface area contributed by atoms with E-state index in [2.05, 4.69) is 4.90 Å². The van der Waals surface area contributed by atoms with E-state index in [0.29, 0.717) is 25.0 Å². The Kier molecular flexibility index (Phi) is 7.12. The molecule has 0 bridgehead atoms. The van der Waals surface area contributed by atoms with Crippen LogP contribution in [0.15, 0.2) is 91.0 Å². The van der Waals surface area contributed by atoms with Gasteiger partial charge < -0.3 is 14.6 Å². The van der Waals surface area contributed by atoms with Crippen molar-refractivity contribution in [3.8, 4) is 23.1 Å². The van der Waals surface area contributed by atoms with Gasteiger partial charge in [0.2, 0.25) is 5.88 Å². The second kappa shape index (κ2) is 10.8. The molecule has 35 heavy (non-hydrogen) atoms. The van der Waals surface area contributed by atoms with Gasteiger partial charge in [-0.15, -0.1) is 0 Å². The quantitative estimate of drug-likeness (QED) is 0.320. The smallest absolute Gasteiger partial charge is 0.227 e. The van der Waals surface area contributed by atoms with Gasteiger partial charge in [-0.1, -0.05) is 54.6 Å². The Morgan fingerprint density at radius 1 is 0.914 bits per heavy atom.